The Morgan fingerprint density at radius 2 is 0.815 bits per heavy atom. The van der Waals surface area contributed by atoms with E-state index in [9.17, 15) is 0 Å². The third-order valence-electron chi connectivity index (χ3n) is 13.2. The summed E-state index contributed by atoms with van der Waals surface area (Å²) in [5, 5.41) is 9.68. The van der Waals surface area contributed by atoms with Gasteiger partial charge >= 0.3 is 0 Å². The zero-order valence-electron chi connectivity index (χ0n) is 35.4. The van der Waals surface area contributed by atoms with Crippen LogP contribution in [0.1, 0.15) is 0 Å². The molecule has 3 nitrogen and oxygen atoms in total. The van der Waals surface area contributed by atoms with Crippen LogP contribution in [-0.2, 0) is 0 Å². The second kappa shape index (κ2) is 15.0. The molecule has 0 atom stereocenters. The van der Waals surface area contributed by atoms with Crippen molar-refractivity contribution in [1.29, 1.82) is 0 Å². The largest absolute Gasteiger partial charge is 0.456 e. The Morgan fingerprint density at radius 3 is 1.54 bits per heavy atom. The summed E-state index contributed by atoms with van der Waals surface area (Å²) < 4.78 is 8.70. The van der Waals surface area contributed by atoms with E-state index in [4.69, 9.17) is 4.42 Å². The third-order valence-corrected chi connectivity index (χ3v) is 13.2. The van der Waals surface area contributed by atoms with E-state index < -0.39 is 0 Å². The van der Waals surface area contributed by atoms with Crippen molar-refractivity contribution in [3.8, 4) is 39.1 Å². The molecule has 0 saturated carbocycles. The maximum Gasteiger partial charge on any atom is 0.136 e. The first kappa shape index (κ1) is 36.9. The van der Waals surface area contributed by atoms with Crippen LogP contribution in [0.4, 0.5) is 17.1 Å². The number of benzene rings is 11. The second-order valence-corrected chi connectivity index (χ2v) is 16.9. The van der Waals surface area contributed by atoms with Crippen LogP contribution in [0.15, 0.2) is 247 Å². The lowest BCUT2D eigenvalue weighted by atomic mass is 9.97. The van der Waals surface area contributed by atoms with Crippen LogP contribution in [0.2, 0.25) is 0 Å². The van der Waals surface area contributed by atoms with Gasteiger partial charge in [-0.2, -0.15) is 0 Å². The van der Waals surface area contributed by atoms with Crippen molar-refractivity contribution >= 4 is 82.4 Å². The summed E-state index contributed by atoms with van der Waals surface area (Å²) in [5.41, 5.74) is 15.6. The van der Waals surface area contributed by atoms with Crippen molar-refractivity contribution in [2.24, 2.45) is 0 Å². The molecule has 2 aromatic heterocycles. The van der Waals surface area contributed by atoms with Gasteiger partial charge in [0.25, 0.3) is 0 Å². The SMILES string of the molecule is c1cc(-c2ccc(N(c3cccc(-c4ccc5c(c4)oc4ccccc45)c3)c3cc4ccccc4c4ccccc34)cc2)cc(-c2ccc(-n3c4ccccc4c4ccccc43)cc2)c1. The third kappa shape index (κ3) is 6.20. The highest BCUT2D eigenvalue weighted by atomic mass is 16.3. The van der Waals surface area contributed by atoms with Gasteiger partial charge in [-0.15, -0.1) is 0 Å². The fourth-order valence-corrected chi connectivity index (χ4v) is 10.1. The van der Waals surface area contributed by atoms with Crippen molar-refractivity contribution in [2.75, 3.05) is 4.90 Å². The van der Waals surface area contributed by atoms with Crippen molar-refractivity contribution in [3.05, 3.63) is 243 Å². The number of para-hydroxylation sites is 3. The molecular formula is C62H40N2O. The molecule has 0 unspecified atom stereocenters. The normalized spacial score (nSPS) is 11.7. The Bertz CT molecular complexity index is 3900. The minimum atomic E-state index is 0.891. The smallest absolute Gasteiger partial charge is 0.136 e. The Hall–Kier alpha value is -8.66. The summed E-state index contributed by atoms with van der Waals surface area (Å²) in [7, 11) is 0. The molecule has 0 saturated heterocycles. The van der Waals surface area contributed by atoms with Gasteiger partial charge in [0.15, 0.2) is 0 Å². The standard InChI is InChI=1S/C62H40N2O/c1-2-18-51-47(13-1)39-60(53-20-4-3-19-52(51)53)63(50-17-12-16-45(38-50)46-31-36-57-56-23-7-10-26-61(56)65-62(57)40-46)48-32-27-41(28-33-48)43-14-11-15-44(37-43)42-29-34-49(35-30-42)64-58-24-8-5-21-54(58)55-22-6-9-25-59(55)64/h1-40H. The zero-order chi connectivity index (χ0) is 42.8. The molecule has 11 aromatic carbocycles. The van der Waals surface area contributed by atoms with E-state index in [-0.39, 0.29) is 0 Å². The number of hydrogen-bond acceptors (Lipinski definition) is 2. The monoisotopic (exact) mass is 828 g/mol. The lowest BCUT2D eigenvalue weighted by Crippen LogP contribution is -2.10. The van der Waals surface area contributed by atoms with Gasteiger partial charge in [-0.3, -0.25) is 0 Å². The van der Waals surface area contributed by atoms with Crippen molar-refractivity contribution in [1.82, 2.24) is 4.57 Å². The number of furan rings is 1. The number of rotatable bonds is 7. The molecule has 0 amide bonds. The molecule has 0 aliphatic rings. The van der Waals surface area contributed by atoms with E-state index >= 15 is 0 Å². The fraction of sp³-hybridized carbons (Fsp3) is 0. The molecule has 13 aromatic rings. The first-order valence-corrected chi connectivity index (χ1v) is 22.2. The molecule has 2 heterocycles. The van der Waals surface area contributed by atoms with Gasteiger partial charge in [0.1, 0.15) is 11.2 Å². The predicted molar refractivity (Wildman–Crippen MR) is 274 cm³/mol. The first-order valence-electron chi connectivity index (χ1n) is 22.2. The van der Waals surface area contributed by atoms with Crippen LogP contribution < -0.4 is 4.90 Å². The average Bonchev–Trinajstić information content (AvgIpc) is 3.92. The summed E-state index contributed by atoms with van der Waals surface area (Å²) in [5.74, 6) is 0. The van der Waals surface area contributed by atoms with Crippen LogP contribution in [0.25, 0.3) is 104 Å². The summed E-state index contributed by atoms with van der Waals surface area (Å²) >= 11 is 0. The summed E-state index contributed by atoms with van der Waals surface area (Å²) in [4.78, 5) is 2.41. The molecule has 0 aliphatic heterocycles. The Labute approximate surface area is 376 Å². The quantitative estimate of drug-likeness (QED) is 0.149. The maximum absolute atomic E-state index is 6.33. The van der Waals surface area contributed by atoms with E-state index in [1.807, 2.05) is 12.1 Å². The highest BCUT2D eigenvalue weighted by Crippen LogP contribution is 2.44. The molecule has 0 spiro atoms. The van der Waals surface area contributed by atoms with Gasteiger partial charge in [0.05, 0.1) is 16.7 Å². The van der Waals surface area contributed by atoms with Gasteiger partial charge in [0, 0.05) is 44.0 Å². The molecule has 0 radical (unpaired) electrons. The minimum absolute atomic E-state index is 0.891. The lowest BCUT2D eigenvalue weighted by molar-refractivity contribution is 0.669. The molecule has 0 bridgehead atoms. The van der Waals surface area contributed by atoms with E-state index in [1.165, 1.54) is 60.0 Å². The van der Waals surface area contributed by atoms with Crippen LogP contribution in [-0.4, -0.2) is 4.57 Å². The number of fused-ring (bicyclic) bond motifs is 9. The van der Waals surface area contributed by atoms with Crippen molar-refractivity contribution in [3.63, 3.8) is 0 Å². The molecule has 0 N–H and O–H groups in total. The highest BCUT2D eigenvalue weighted by Gasteiger charge is 2.19. The van der Waals surface area contributed by atoms with E-state index in [0.29, 0.717) is 0 Å². The van der Waals surface area contributed by atoms with Gasteiger partial charge in [0.2, 0.25) is 0 Å². The molecule has 304 valence electrons. The maximum atomic E-state index is 6.33. The summed E-state index contributed by atoms with van der Waals surface area (Å²) in [6.45, 7) is 0. The number of aromatic nitrogens is 1. The second-order valence-electron chi connectivity index (χ2n) is 16.9. The van der Waals surface area contributed by atoms with Gasteiger partial charge in [-0.1, -0.05) is 164 Å². The predicted octanol–water partition coefficient (Wildman–Crippen LogP) is 17.5. The number of nitrogens with zero attached hydrogens (tertiary/aromatic N) is 2. The van der Waals surface area contributed by atoms with E-state index in [1.54, 1.807) is 0 Å². The average molecular weight is 829 g/mol. The molecule has 13 rings (SSSR count). The zero-order valence-corrected chi connectivity index (χ0v) is 35.4. The summed E-state index contributed by atoms with van der Waals surface area (Å²) in [6.07, 6.45) is 0. The number of anilines is 3. The minimum Gasteiger partial charge on any atom is -0.456 e. The van der Waals surface area contributed by atoms with Gasteiger partial charge in [-0.25, -0.2) is 0 Å². The van der Waals surface area contributed by atoms with E-state index in [0.717, 1.165) is 61.4 Å². The van der Waals surface area contributed by atoms with Gasteiger partial charge in [-0.05, 0) is 128 Å². The molecular weight excluding hydrogens is 789 g/mol. The van der Waals surface area contributed by atoms with E-state index in [2.05, 4.69) is 240 Å². The molecule has 65 heavy (non-hydrogen) atoms. The first-order chi connectivity index (χ1) is 32.2. The van der Waals surface area contributed by atoms with Crippen LogP contribution in [0, 0.1) is 0 Å². The van der Waals surface area contributed by atoms with Crippen molar-refractivity contribution in [2.45, 2.75) is 0 Å². The van der Waals surface area contributed by atoms with Crippen LogP contribution in [0.5, 0.6) is 0 Å². The molecule has 0 aliphatic carbocycles. The number of hydrogen-bond donors (Lipinski definition) is 0. The topological polar surface area (TPSA) is 21.3 Å². The highest BCUT2D eigenvalue weighted by molar-refractivity contribution is 6.15. The fourth-order valence-electron chi connectivity index (χ4n) is 10.1. The van der Waals surface area contributed by atoms with Crippen molar-refractivity contribution < 1.29 is 4.42 Å². The Kier molecular flexibility index (Phi) is 8.53. The van der Waals surface area contributed by atoms with Crippen LogP contribution >= 0.6 is 0 Å². The van der Waals surface area contributed by atoms with Gasteiger partial charge < -0.3 is 13.9 Å². The molecule has 0 fully saturated rings. The lowest BCUT2D eigenvalue weighted by Gasteiger charge is -2.28. The summed E-state index contributed by atoms with van der Waals surface area (Å²) in [6, 6.07) is 87.8. The molecule has 3 heteroatoms. The Balaban J connectivity index is 0.883. The Morgan fingerprint density at radius 1 is 0.292 bits per heavy atom. The van der Waals surface area contributed by atoms with Crippen LogP contribution in [0.3, 0.4) is 0 Å².